The Balaban J connectivity index is 1.84. The van der Waals surface area contributed by atoms with Gasteiger partial charge in [-0.15, -0.1) is 0 Å². The van der Waals surface area contributed by atoms with E-state index in [0.717, 1.165) is 22.9 Å². The first-order valence-corrected chi connectivity index (χ1v) is 7.42. The monoisotopic (exact) mass is 298 g/mol. The summed E-state index contributed by atoms with van der Waals surface area (Å²) in [6.07, 6.45) is -0.659. The van der Waals surface area contributed by atoms with Crippen molar-refractivity contribution in [2.75, 3.05) is 18.1 Å². The van der Waals surface area contributed by atoms with Gasteiger partial charge in [0.2, 0.25) is 0 Å². The maximum absolute atomic E-state index is 10.6. The standard InChI is InChI=1S/C17H18N2O3/c18-11-9-21-10-14(17(11)20)19-12-5-1-3-7-15(12)22-16-8-4-2-6-13(16)19/h1-8,11,14,17,20H,9-10,18H2/t11?,14?,17-/m1/s1. The quantitative estimate of drug-likeness (QED) is 0.843. The molecular weight excluding hydrogens is 280 g/mol. The molecule has 1 fully saturated rings. The van der Waals surface area contributed by atoms with Crippen molar-refractivity contribution in [3.8, 4) is 11.5 Å². The zero-order chi connectivity index (χ0) is 15.1. The molecule has 1 saturated heterocycles. The van der Waals surface area contributed by atoms with Crippen LogP contribution in [0.2, 0.25) is 0 Å². The Labute approximate surface area is 128 Å². The number of benzene rings is 2. The fourth-order valence-electron chi connectivity index (χ4n) is 3.13. The Bertz CT molecular complexity index is 646. The van der Waals surface area contributed by atoms with Crippen LogP contribution in [0.5, 0.6) is 11.5 Å². The Morgan fingerprint density at radius 2 is 1.55 bits per heavy atom. The summed E-state index contributed by atoms with van der Waals surface area (Å²) >= 11 is 0. The number of ether oxygens (including phenoxy) is 2. The molecule has 0 radical (unpaired) electrons. The van der Waals surface area contributed by atoms with Gasteiger partial charge in [0.15, 0.2) is 11.5 Å². The lowest BCUT2D eigenvalue weighted by Crippen LogP contribution is -2.58. The predicted molar refractivity (Wildman–Crippen MR) is 83.7 cm³/mol. The van der Waals surface area contributed by atoms with Gasteiger partial charge in [-0.3, -0.25) is 0 Å². The lowest BCUT2D eigenvalue weighted by atomic mass is 9.98. The van der Waals surface area contributed by atoms with Gasteiger partial charge in [-0.05, 0) is 24.3 Å². The maximum atomic E-state index is 10.6. The second kappa shape index (κ2) is 5.28. The Morgan fingerprint density at radius 1 is 0.955 bits per heavy atom. The maximum Gasteiger partial charge on any atom is 0.151 e. The number of aliphatic hydroxyl groups excluding tert-OH is 1. The summed E-state index contributed by atoms with van der Waals surface area (Å²) in [6, 6.07) is 15.0. The number of hydrogen-bond acceptors (Lipinski definition) is 5. The van der Waals surface area contributed by atoms with E-state index in [1.807, 2.05) is 48.5 Å². The van der Waals surface area contributed by atoms with Crippen LogP contribution in [-0.4, -0.2) is 36.5 Å². The van der Waals surface area contributed by atoms with Gasteiger partial charge in [0.1, 0.15) is 0 Å². The molecule has 2 aromatic carbocycles. The normalized spacial score (nSPS) is 26.8. The number of nitrogens with zero attached hydrogens (tertiary/aromatic N) is 1. The second-order valence-corrected chi connectivity index (χ2v) is 5.67. The zero-order valence-electron chi connectivity index (χ0n) is 12.1. The molecule has 0 saturated carbocycles. The van der Waals surface area contributed by atoms with Gasteiger partial charge in [-0.1, -0.05) is 24.3 Å². The summed E-state index contributed by atoms with van der Waals surface area (Å²) in [5, 5.41) is 10.6. The van der Waals surface area contributed by atoms with Gasteiger partial charge in [-0.2, -0.15) is 0 Å². The topological polar surface area (TPSA) is 68.0 Å². The Morgan fingerprint density at radius 3 is 2.18 bits per heavy atom. The molecule has 5 heteroatoms. The van der Waals surface area contributed by atoms with Gasteiger partial charge >= 0.3 is 0 Å². The van der Waals surface area contributed by atoms with Crippen molar-refractivity contribution in [1.29, 1.82) is 0 Å². The molecule has 0 amide bonds. The van der Waals surface area contributed by atoms with Crippen LogP contribution in [0.25, 0.3) is 0 Å². The number of aliphatic hydroxyl groups is 1. The number of hydrogen-bond donors (Lipinski definition) is 2. The van der Waals surface area contributed by atoms with Crippen molar-refractivity contribution in [2.45, 2.75) is 18.2 Å². The molecule has 0 bridgehead atoms. The molecule has 2 heterocycles. The van der Waals surface area contributed by atoms with Gasteiger partial charge in [0.05, 0.1) is 42.8 Å². The fraction of sp³-hybridized carbons (Fsp3) is 0.294. The predicted octanol–water partition coefficient (Wildman–Crippen LogP) is 2.02. The van der Waals surface area contributed by atoms with Gasteiger partial charge in [0, 0.05) is 0 Å². The second-order valence-electron chi connectivity index (χ2n) is 5.67. The van der Waals surface area contributed by atoms with Crippen molar-refractivity contribution in [2.24, 2.45) is 5.73 Å². The van der Waals surface area contributed by atoms with Crippen molar-refractivity contribution >= 4 is 11.4 Å². The van der Waals surface area contributed by atoms with Gasteiger partial charge < -0.3 is 25.2 Å². The summed E-state index contributed by atoms with van der Waals surface area (Å²) in [5.74, 6) is 1.54. The minimum Gasteiger partial charge on any atom is -0.453 e. The number of anilines is 2. The number of fused-ring (bicyclic) bond motifs is 2. The van der Waals surface area contributed by atoms with Crippen LogP contribution in [0.1, 0.15) is 0 Å². The Kier molecular flexibility index (Phi) is 3.26. The molecule has 0 aromatic heterocycles. The zero-order valence-corrected chi connectivity index (χ0v) is 12.1. The molecule has 2 aliphatic heterocycles. The van der Waals surface area contributed by atoms with Crippen LogP contribution in [0, 0.1) is 0 Å². The van der Waals surface area contributed by atoms with E-state index in [0.29, 0.717) is 13.2 Å². The molecule has 2 aliphatic rings. The summed E-state index contributed by atoms with van der Waals surface area (Å²) in [6.45, 7) is 0.808. The number of para-hydroxylation sites is 4. The summed E-state index contributed by atoms with van der Waals surface area (Å²) in [5.41, 5.74) is 7.82. The molecular formula is C17H18N2O3. The molecule has 0 spiro atoms. The van der Waals surface area contributed by atoms with Crippen molar-refractivity contribution in [3.05, 3.63) is 48.5 Å². The SMILES string of the molecule is NC1COCC(N2c3ccccc3Oc3ccccc32)[C@@H]1O. The molecule has 3 atom stereocenters. The minimum absolute atomic E-state index is 0.241. The third kappa shape index (κ3) is 2.06. The van der Waals surface area contributed by atoms with E-state index in [1.54, 1.807) is 0 Å². The van der Waals surface area contributed by atoms with E-state index in [4.69, 9.17) is 15.2 Å². The molecule has 114 valence electrons. The first-order chi connectivity index (χ1) is 10.8. The van der Waals surface area contributed by atoms with Crippen molar-refractivity contribution in [3.63, 3.8) is 0 Å². The number of rotatable bonds is 1. The van der Waals surface area contributed by atoms with E-state index in [9.17, 15) is 5.11 Å². The molecule has 3 N–H and O–H groups in total. The van der Waals surface area contributed by atoms with Gasteiger partial charge in [0.25, 0.3) is 0 Å². The molecule has 2 aromatic rings. The first kappa shape index (κ1) is 13.6. The van der Waals surface area contributed by atoms with Crippen LogP contribution in [0.15, 0.2) is 48.5 Å². The highest BCUT2D eigenvalue weighted by atomic mass is 16.5. The smallest absolute Gasteiger partial charge is 0.151 e. The largest absolute Gasteiger partial charge is 0.453 e. The third-order valence-corrected chi connectivity index (χ3v) is 4.23. The van der Waals surface area contributed by atoms with Crippen LogP contribution < -0.4 is 15.4 Å². The van der Waals surface area contributed by atoms with Crippen LogP contribution in [0.3, 0.4) is 0 Å². The summed E-state index contributed by atoms with van der Waals surface area (Å²) in [7, 11) is 0. The fourth-order valence-corrected chi connectivity index (χ4v) is 3.13. The average molecular weight is 298 g/mol. The van der Waals surface area contributed by atoms with Crippen molar-refractivity contribution < 1.29 is 14.6 Å². The van der Waals surface area contributed by atoms with E-state index < -0.39 is 6.10 Å². The Hall–Kier alpha value is -2.08. The van der Waals surface area contributed by atoms with Crippen molar-refractivity contribution in [1.82, 2.24) is 0 Å². The highest BCUT2D eigenvalue weighted by molar-refractivity contribution is 5.78. The van der Waals surface area contributed by atoms with Crippen LogP contribution >= 0.6 is 0 Å². The molecule has 5 nitrogen and oxygen atoms in total. The van der Waals surface area contributed by atoms with E-state index in [1.165, 1.54) is 0 Å². The lowest BCUT2D eigenvalue weighted by Gasteiger charge is -2.43. The average Bonchev–Trinajstić information content (AvgIpc) is 2.55. The first-order valence-electron chi connectivity index (χ1n) is 7.42. The van der Waals surface area contributed by atoms with E-state index >= 15 is 0 Å². The van der Waals surface area contributed by atoms with Crippen LogP contribution in [-0.2, 0) is 4.74 Å². The highest BCUT2D eigenvalue weighted by Gasteiger charge is 2.38. The summed E-state index contributed by atoms with van der Waals surface area (Å²) in [4.78, 5) is 2.08. The summed E-state index contributed by atoms with van der Waals surface area (Å²) < 4.78 is 11.5. The van der Waals surface area contributed by atoms with Gasteiger partial charge in [-0.25, -0.2) is 0 Å². The molecule has 4 rings (SSSR count). The number of nitrogens with two attached hydrogens (primary N) is 1. The highest BCUT2D eigenvalue weighted by Crippen LogP contribution is 2.48. The van der Waals surface area contributed by atoms with Crippen LogP contribution in [0.4, 0.5) is 11.4 Å². The van der Waals surface area contributed by atoms with E-state index in [2.05, 4.69) is 4.90 Å². The minimum atomic E-state index is -0.659. The third-order valence-electron chi connectivity index (χ3n) is 4.23. The molecule has 22 heavy (non-hydrogen) atoms. The lowest BCUT2D eigenvalue weighted by molar-refractivity contribution is -0.0195. The molecule has 0 aliphatic carbocycles. The molecule has 2 unspecified atom stereocenters. The van der Waals surface area contributed by atoms with E-state index in [-0.39, 0.29) is 12.1 Å².